The van der Waals surface area contributed by atoms with Crippen molar-refractivity contribution in [3.63, 3.8) is 0 Å². The van der Waals surface area contributed by atoms with Gasteiger partial charge in [-0.15, -0.1) is 0 Å². The predicted octanol–water partition coefficient (Wildman–Crippen LogP) is 6.17. The molecule has 6 rings (SSSR count). The van der Waals surface area contributed by atoms with E-state index >= 15 is 0 Å². The largest absolute Gasteiger partial charge is 0.444 e. The molecule has 4 aliphatic rings. The SMILES string of the molecule is CC(C)(C)OC(=O)N1CCC(C2CCN(C[C@H](O)Cn3nc(-c4ccc(Cl)c(C#CC5CCCCC5)c4)c4c3CCN(S(C)(=O)=O)C4)CC2)CC1. The molecule has 0 spiro atoms. The van der Waals surface area contributed by atoms with Gasteiger partial charge in [-0.1, -0.05) is 48.8 Å². The van der Waals surface area contributed by atoms with Crippen LogP contribution in [0.1, 0.15) is 95.4 Å². The number of halogens is 1. The van der Waals surface area contributed by atoms with Crippen molar-refractivity contribution >= 4 is 27.7 Å². The maximum atomic E-state index is 12.6. The van der Waals surface area contributed by atoms with Crippen LogP contribution in [0.2, 0.25) is 5.02 Å². The van der Waals surface area contributed by atoms with Crippen molar-refractivity contribution in [1.29, 1.82) is 0 Å². The number of aliphatic hydroxyl groups is 1. The molecule has 1 saturated carbocycles. The number of β-amino-alcohol motifs (C(OH)–C–C–N with tert-alkyl or cyclic N) is 1. The minimum atomic E-state index is -3.39. The average molecular weight is 742 g/mol. The van der Waals surface area contributed by atoms with Crippen molar-refractivity contribution in [2.24, 2.45) is 17.8 Å². The van der Waals surface area contributed by atoms with Crippen LogP contribution in [-0.4, -0.2) is 101 Å². The molecule has 0 radical (unpaired) electrons. The van der Waals surface area contributed by atoms with Gasteiger partial charge in [-0.2, -0.15) is 9.40 Å². The van der Waals surface area contributed by atoms with E-state index in [1.165, 1.54) is 29.8 Å². The van der Waals surface area contributed by atoms with Gasteiger partial charge in [-0.3, -0.25) is 4.68 Å². The molecule has 3 fully saturated rings. The van der Waals surface area contributed by atoms with Gasteiger partial charge in [0.15, 0.2) is 0 Å². The van der Waals surface area contributed by atoms with Crippen molar-refractivity contribution in [2.45, 2.75) is 110 Å². The van der Waals surface area contributed by atoms with Crippen molar-refractivity contribution in [3.8, 4) is 23.1 Å². The third-order valence-corrected chi connectivity index (χ3v) is 12.7. The quantitative estimate of drug-likeness (QED) is 0.338. The third-order valence-electron chi connectivity index (χ3n) is 11.2. The Morgan fingerprint density at radius 2 is 1.67 bits per heavy atom. The minimum Gasteiger partial charge on any atom is -0.444 e. The van der Waals surface area contributed by atoms with Crippen molar-refractivity contribution in [1.82, 2.24) is 23.9 Å². The van der Waals surface area contributed by atoms with E-state index < -0.39 is 21.7 Å². The Bertz CT molecular complexity index is 1700. The van der Waals surface area contributed by atoms with Gasteiger partial charge < -0.3 is 19.6 Å². The first-order valence-corrected chi connectivity index (χ1v) is 21.2. The Kier molecular flexibility index (Phi) is 12.1. The molecule has 0 unspecified atom stereocenters. The van der Waals surface area contributed by atoms with Gasteiger partial charge in [-0.05, 0) is 96.4 Å². The Balaban J connectivity index is 1.10. The zero-order chi connectivity index (χ0) is 36.3. The zero-order valence-corrected chi connectivity index (χ0v) is 32.4. The number of rotatable bonds is 7. The summed E-state index contributed by atoms with van der Waals surface area (Å²) < 4.78 is 34.2. The van der Waals surface area contributed by atoms with E-state index in [9.17, 15) is 18.3 Å². The first-order valence-electron chi connectivity index (χ1n) is 19.0. The molecule has 1 N–H and O–H groups in total. The second kappa shape index (κ2) is 16.2. The molecule has 10 nitrogen and oxygen atoms in total. The maximum Gasteiger partial charge on any atom is 0.410 e. The van der Waals surface area contributed by atoms with Crippen LogP contribution in [0.3, 0.4) is 0 Å². The smallest absolute Gasteiger partial charge is 0.410 e. The molecule has 1 atom stereocenters. The first kappa shape index (κ1) is 38.1. The number of benzene rings is 1. The summed E-state index contributed by atoms with van der Waals surface area (Å²) in [5.74, 6) is 8.43. The van der Waals surface area contributed by atoms with Gasteiger partial charge in [0.25, 0.3) is 0 Å². The van der Waals surface area contributed by atoms with Gasteiger partial charge in [0.05, 0.1) is 29.6 Å². The summed E-state index contributed by atoms with van der Waals surface area (Å²) in [6, 6.07) is 5.77. The van der Waals surface area contributed by atoms with Crippen LogP contribution in [0.5, 0.6) is 0 Å². The molecule has 4 heterocycles. The third kappa shape index (κ3) is 9.88. The van der Waals surface area contributed by atoms with E-state index in [1.807, 2.05) is 48.6 Å². The molecule has 1 amide bonds. The van der Waals surface area contributed by atoms with Gasteiger partial charge >= 0.3 is 6.09 Å². The Labute approximate surface area is 309 Å². The average Bonchev–Trinajstić information content (AvgIpc) is 3.45. The van der Waals surface area contributed by atoms with Crippen LogP contribution in [0.25, 0.3) is 11.3 Å². The number of aliphatic hydroxyl groups excluding tert-OH is 1. The lowest BCUT2D eigenvalue weighted by molar-refractivity contribution is 0.0123. The van der Waals surface area contributed by atoms with Gasteiger partial charge in [0.1, 0.15) is 5.60 Å². The highest BCUT2D eigenvalue weighted by molar-refractivity contribution is 7.88. The molecule has 280 valence electrons. The van der Waals surface area contributed by atoms with Gasteiger partial charge in [0.2, 0.25) is 10.0 Å². The number of nitrogens with zero attached hydrogens (tertiary/aromatic N) is 5. The second-order valence-electron chi connectivity index (χ2n) is 16.2. The molecular weight excluding hydrogens is 686 g/mol. The van der Waals surface area contributed by atoms with E-state index in [4.69, 9.17) is 21.4 Å². The summed E-state index contributed by atoms with van der Waals surface area (Å²) in [6.45, 7) is 10.6. The topological polar surface area (TPSA) is 108 Å². The van der Waals surface area contributed by atoms with E-state index in [-0.39, 0.29) is 12.6 Å². The molecule has 2 saturated heterocycles. The summed E-state index contributed by atoms with van der Waals surface area (Å²) >= 11 is 6.61. The number of sulfonamides is 1. The highest BCUT2D eigenvalue weighted by Gasteiger charge is 2.34. The summed E-state index contributed by atoms with van der Waals surface area (Å²) in [5, 5.41) is 17.0. The summed E-state index contributed by atoms with van der Waals surface area (Å²) in [7, 11) is -3.39. The number of hydrogen-bond donors (Lipinski definition) is 1. The number of hydrogen-bond acceptors (Lipinski definition) is 7. The number of fused-ring (bicyclic) bond motifs is 1. The number of carbonyl (C=O) groups is 1. The fourth-order valence-electron chi connectivity index (χ4n) is 8.37. The lowest BCUT2D eigenvalue weighted by Gasteiger charge is -2.40. The summed E-state index contributed by atoms with van der Waals surface area (Å²) in [4.78, 5) is 16.7. The Hall–Kier alpha value is -2.62. The second-order valence-corrected chi connectivity index (χ2v) is 18.6. The molecule has 1 aromatic heterocycles. The van der Waals surface area contributed by atoms with Crippen molar-refractivity contribution in [2.75, 3.05) is 45.5 Å². The van der Waals surface area contributed by atoms with E-state index in [0.29, 0.717) is 48.8 Å². The highest BCUT2D eigenvalue weighted by atomic mass is 35.5. The molecule has 2 aromatic rings. The number of likely N-dealkylation sites (tertiary alicyclic amines) is 2. The van der Waals surface area contributed by atoms with Crippen LogP contribution < -0.4 is 0 Å². The predicted molar refractivity (Wildman–Crippen MR) is 201 cm³/mol. The number of piperidine rings is 2. The molecule has 51 heavy (non-hydrogen) atoms. The first-order chi connectivity index (χ1) is 24.2. The minimum absolute atomic E-state index is 0.208. The molecule has 12 heteroatoms. The van der Waals surface area contributed by atoms with Crippen molar-refractivity contribution in [3.05, 3.63) is 40.0 Å². The van der Waals surface area contributed by atoms with E-state index in [2.05, 4.69) is 16.7 Å². The molecular formula is C39H56ClN5O5S. The number of aromatic nitrogens is 2. The van der Waals surface area contributed by atoms with Crippen LogP contribution in [0.15, 0.2) is 18.2 Å². The van der Waals surface area contributed by atoms with E-state index in [1.54, 1.807) is 0 Å². The monoisotopic (exact) mass is 741 g/mol. The van der Waals surface area contributed by atoms with E-state index in [0.717, 1.165) is 92.8 Å². The fraction of sp³-hybridized carbons (Fsp3) is 0.692. The Morgan fingerprint density at radius 3 is 2.31 bits per heavy atom. The van der Waals surface area contributed by atoms with Crippen LogP contribution in [-0.2, 0) is 34.3 Å². The zero-order valence-electron chi connectivity index (χ0n) is 30.9. The highest BCUT2D eigenvalue weighted by Crippen LogP contribution is 2.35. The summed E-state index contributed by atoms with van der Waals surface area (Å²) in [6.07, 6.45) is 11.1. The Morgan fingerprint density at radius 1 is 1.00 bits per heavy atom. The molecule has 1 aromatic carbocycles. The van der Waals surface area contributed by atoms with Crippen molar-refractivity contribution < 1.29 is 23.1 Å². The standard InChI is InChI=1S/C39H56ClN5O5S/c1-39(2,3)50-38(47)43-21-16-30(17-22-43)29-14-19-42(20-15-29)25-33(46)26-45-36-18-23-44(51(4,48)49)27-34(36)37(41-45)32-12-13-35(40)31(24-32)11-10-28-8-6-5-7-9-28/h12-13,24,28-30,33,46H,5-9,14-23,25-27H2,1-4H3/t33-/m0/s1. The fourth-order valence-corrected chi connectivity index (χ4v) is 9.32. The number of amides is 1. The number of carbonyl (C=O) groups excluding carboxylic acids is 1. The lowest BCUT2D eigenvalue weighted by atomic mass is 9.79. The number of ether oxygens (including phenoxy) is 1. The van der Waals surface area contributed by atoms with Crippen LogP contribution in [0, 0.1) is 29.6 Å². The van der Waals surface area contributed by atoms with Gasteiger partial charge in [0, 0.05) is 67.4 Å². The van der Waals surface area contributed by atoms with Crippen LogP contribution >= 0.6 is 11.6 Å². The molecule has 0 bridgehead atoms. The van der Waals surface area contributed by atoms with Gasteiger partial charge in [-0.25, -0.2) is 13.2 Å². The molecule has 3 aliphatic heterocycles. The van der Waals surface area contributed by atoms with Crippen LogP contribution in [0.4, 0.5) is 4.79 Å². The molecule has 1 aliphatic carbocycles. The normalized spacial score (nSPS) is 21.2. The lowest BCUT2D eigenvalue weighted by Crippen LogP contribution is -2.45. The summed E-state index contributed by atoms with van der Waals surface area (Å²) in [5.41, 5.74) is 3.72. The maximum absolute atomic E-state index is 12.6.